The first-order valence-corrected chi connectivity index (χ1v) is 8.47. The Morgan fingerprint density at radius 1 is 1.26 bits per heavy atom. The number of hydrogen-bond acceptors (Lipinski definition) is 7. The van der Waals surface area contributed by atoms with Gasteiger partial charge in [0.15, 0.2) is 5.82 Å². The van der Waals surface area contributed by atoms with Gasteiger partial charge < -0.3 is 24.8 Å². The average Bonchev–Trinajstić information content (AvgIpc) is 2.84. The van der Waals surface area contributed by atoms with Crippen molar-refractivity contribution < 1.29 is 14.2 Å². The van der Waals surface area contributed by atoms with Crippen molar-refractivity contribution in [2.45, 2.75) is 32.5 Å². The molecule has 2 aliphatic rings. The first kappa shape index (κ1) is 16.6. The molecule has 128 valence electrons. The van der Waals surface area contributed by atoms with Crippen LogP contribution in [0.2, 0.25) is 0 Å². The molecule has 2 N–H and O–H groups in total. The standard InChI is InChI=1S/C16H26N4O3/c1-2-21-11-15-19-14-4-6-17-5-3-13(14)16(20-15)18-9-12-10-22-7-8-23-12/h12,17H,2-11H2,1H3,(H,18,19,20)/t12-/m1/s1. The van der Waals surface area contributed by atoms with Crippen molar-refractivity contribution in [2.24, 2.45) is 0 Å². The lowest BCUT2D eigenvalue weighted by atomic mass is 10.1. The van der Waals surface area contributed by atoms with Crippen molar-refractivity contribution in [3.05, 3.63) is 17.1 Å². The van der Waals surface area contributed by atoms with Crippen molar-refractivity contribution >= 4 is 5.82 Å². The van der Waals surface area contributed by atoms with Crippen LogP contribution in [0.25, 0.3) is 0 Å². The molecule has 0 saturated carbocycles. The quantitative estimate of drug-likeness (QED) is 0.791. The molecule has 3 heterocycles. The van der Waals surface area contributed by atoms with Gasteiger partial charge in [0.1, 0.15) is 12.4 Å². The van der Waals surface area contributed by atoms with Crippen LogP contribution in [0.5, 0.6) is 0 Å². The second kappa shape index (κ2) is 8.54. The Labute approximate surface area is 137 Å². The van der Waals surface area contributed by atoms with E-state index in [0.29, 0.717) is 39.6 Å². The molecular formula is C16H26N4O3. The van der Waals surface area contributed by atoms with Crippen LogP contribution in [0, 0.1) is 0 Å². The molecule has 0 aliphatic carbocycles. The molecule has 0 bridgehead atoms. The van der Waals surface area contributed by atoms with Crippen LogP contribution in [0.4, 0.5) is 5.82 Å². The SMILES string of the molecule is CCOCc1nc2c(c(NC[C@@H]3COCCO3)n1)CCNCC2. The van der Waals surface area contributed by atoms with E-state index in [1.54, 1.807) is 0 Å². The summed E-state index contributed by atoms with van der Waals surface area (Å²) in [7, 11) is 0. The summed E-state index contributed by atoms with van der Waals surface area (Å²) in [5.41, 5.74) is 2.34. The van der Waals surface area contributed by atoms with E-state index in [1.165, 1.54) is 5.56 Å². The molecule has 0 aromatic carbocycles. The Morgan fingerprint density at radius 3 is 3.00 bits per heavy atom. The Bertz CT molecular complexity index is 506. The molecule has 1 saturated heterocycles. The number of ether oxygens (including phenoxy) is 3. The van der Waals surface area contributed by atoms with Crippen molar-refractivity contribution in [1.29, 1.82) is 0 Å². The fraction of sp³-hybridized carbons (Fsp3) is 0.750. The average molecular weight is 322 g/mol. The summed E-state index contributed by atoms with van der Waals surface area (Å²) < 4.78 is 16.6. The van der Waals surface area contributed by atoms with Crippen molar-refractivity contribution in [2.75, 3.05) is 51.4 Å². The van der Waals surface area contributed by atoms with Gasteiger partial charge in [-0.15, -0.1) is 0 Å². The molecular weight excluding hydrogens is 296 g/mol. The summed E-state index contributed by atoms with van der Waals surface area (Å²) in [6.07, 6.45) is 1.94. The highest BCUT2D eigenvalue weighted by molar-refractivity contribution is 5.47. The minimum atomic E-state index is 0.0774. The van der Waals surface area contributed by atoms with Crippen LogP contribution in [-0.2, 0) is 33.7 Å². The largest absolute Gasteiger partial charge is 0.376 e. The van der Waals surface area contributed by atoms with Crippen LogP contribution >= 0.6 is 0 Å². The lowest BCUT2D eigenvalue weighted by molar-refractivity contribution is -0.0819. The minimum absolute atomic E-state index is 0.0774. The van der Waals surface area contributed by atoms with E-state index in [4.69, 9.17) is 19.2 Å². The number of aromatic nitrogens is 2. The lowest BCUT2D eigenvalue weighted by Gasteiger charge is -2.24. The summed E-state index contributed by atoms with van der Waals surface area (Å²) in [5.74, 6) is 1.67. The lowest BCUT2D eigenvalue weighted by Crippen LogP contribution is -2.34. The van der Waals surface area contributed by atoms with E-state index in [0.717, 1.165) is 43.3 Å². The number of hydrogen-bond donors (Lipinski definition) is 2. The smallest absolute Gasteiger partial charge is 0.156 e. The van der Waals surface area contributed by atoms with Gasteiger partial charge in [-0.05, 0) is 19.9 Å². The van der Waals surface area contributed by atoms with E-state index in [2.05, 4.69) is 15.6 Å². The van der Waals surface area contributed by atoms with Crippen molar-refractivity contribution in [3.63, 3.8) is 0 Å². The molecule has 1 aromatic rings. The number of nitrogens with one attached hydrogen (secondary N) is 2. The Balaban J connectivity index is 1.74. The maximum atomic E-state index is 5.70. The number of anilines is 1. The van der Waals surface area contributed by atoms with Crippen LogP contribution in [0.3, 0.4) is 0 Å². The number of rotatable bonds is 6. The van der Waals surface area contributed by atoms with Crippen LogP contribution in [-0.4, -0.2) is 62.1 Å². The maximum absolute atomic E-state index is 5.70. The first-order chi connectivity index (χ1) is 11.4. The van der Waals surface area contributed by atoms with Crippen LogP contribution in [0.15, 0.2) is 0 Å². The molecule has 23 heavy (non-hydrogen) atoms. The normalized spacial score (nSPS) is 21.5. The highest BCUT2D eigenvalue weighted by atomic mass is 16.6. The molecule has 7 heteroatoms. The fourth-order valence-corrected chi connectivity index (χ4v) is 2.87. The fourth-order valence-electron chi connectivity index (χ4n) is 2.87. The van der Waals surface area contributed by atoms with Gasteiger partial charge in [-0.3, -0.25) is 0 Å². The van der Waals surface area contributed by atoms with Gasteiger partial charge in [-0.25, -0.2) is 9.97 Å². The maximum Gasteiger partial charge on any atom is 0.156 e. The molecule has 0 amide bonds. The van der Waals surface area contributed by atoms with E-state index in [-0.39, 0.29) is 6.10 Å². The Morgan fingerprint density at radius 2 is 2.17 bits per heavy atom. The second-order valence-corrected chi connectivity index (χ2v) is 5.75. The molecule has 7 nitrogen and oxygen atoms in total. The summed E-state index contributed by atoms with van der Waals surface area (Å²) in [6, 6.07) is 0. The number of fused-ring (bicyclic) bond motifs is 1. The minimum Gasteiger partial charge on any atom is -0.376 e. The molecule has 3 rings (SSSR count). The summed E-state index contributed by atoms with van der Waals surface area (Å²) in [5, 5.41) is 6.87. The second-order valence-electron chi connectivity index (χ2n) is 5.75. The van der Waals surface area contributed by atoms with Gasteiger partial charge in [0.05, 0.1) is 31.6 Å². The molecule has 2 aliphatic heterocycles. The highest BCUT2D eigenvalue weighted by Crippen LogP contribution is 2.20. The van der Waals surface area contributed by atoms with E-state index >= 15 is 0 Å². The molecule has 0 spiro atoms. The molecule has 0 unspecified atom stereocenters. The summed E-state index contributed by atoms with van der Waals surface area (Å²) >= 11 is 0. The zero-order chi connectivity index (χ0) is 15.9. The van der Waals surface area contributed by atoms with Gasteiger partial charge in [0.2, 0.25) is 0 Å². The summed E-state index contributed by atoms with van der Waals surface area (Å²) in [4.78, 5) is 9.37. The van der Waals surface area contributed by atoms with Crippen molar-refractivity contribution in [3.8, 4) is 0 Å². The predicted octanol–water partition coefficient (Wildman–Crippen LogP) is 0.529. The van der Waals surface area contributed by atoms with E-state index in [1.807, 2.05) is 6.92 Å². The first-order valence-electron chi connectivity index (χ1n) is 8.47. The van der Waals surface area contributed by atoms with Crippen LogP contribution < -0.4 is 10.6 Å². The third-order valence-electron chi connectivity index (χ3n) is 4.05. The third kappa shape index (κ3) is 4.60. The topological polar surface area (TPSA) is 77.5 Å². The molecule has 0 radical (unpaired) electrons. The van der Waals surface area contributed by atoms with E-state index in [9.17, 15) is 0 Å². The molecule has 1 atom stereocenters. The zero-order valence-corrected chi connectivity index (χ0v) is 13.8. The Hall–Kier alpha value is -1.28. The molecule has 1 aromatic heterocycles. The van der Waals surface area contributed by atoms with Crippen LogP contribution in [0.1, 0.15) is 24.0 Å². The van der Waals surface area contributed by atoms with E-state index < -0.39 is 0 Å². The Kier molecular flexibility index (Phi) is 6.15. The summed E-state index contributed by atoms with van der Waals surface area (Å²) in [6.45, 7) is 7.69. The van der Waals surface area contributed by atoms with Gasteiger partial charge in [0, 0.05) is 31.7 Å². The van der Waals surface area contributed by atoms with Crippen molar-refractivity contribution in [1.82, 2.24) is 15.3 Å². The number of nitrogens with zero attached hydrogens (tertiary/aromatic N) is 2. The van der Waals surface area contributed by atoms with Gasteiger partial charge in [0.25, 0.3) is 0 Å². The highest BCUT2D eigenvalue weighted by Gasteiger charge is 2.19. The van der Waals surface area contributed by atoms with Gasteiger partial charge in [-0.1, -0.05) is 0 Å². The van der Waals surface area contributed by atoms with Gasteiger partial charge >= 0.3 is 0 Å². The molecule has 1 fully saturated rings. The van der Waals surface area contributed by atoms with Gasteiger partial charge in [-0.2, -0.15) is 0 Å². The zero-order valence-electron chi connectivity index (χ0n) is 13.8. The monoisotopic (exact) mass is 322 g/mol. The predicted molar refractivity (Wildman–Crippen MR) is 86.7 cm³/mol. The third-order valence-corrected chi connectivity index (χ3v) is 4.05.